The van der Waals surface area contributed by atoms with Crippen molar-refractivity contribution in [2.45, 2.75) is 32.6 Å². The summed E-state index contributed by atoms with van der Waals surface area (Å²) in [6.07, 6.45) is 6.53. The SMILES string of the molecule is CC12CC=CC(C#N)=C1Oc1cc(-c3ccc(-c4nc(-c5ccccc5)nc(-c5ccccn5)n4)cc3)ccc1C2(C)C. The van der Waals surface area contributed by atoms with E-state index in [0.717, 1.165) is 45.7 Å². The van der Waals surface area contributed by atoms with Gasteiger partial charge in [0.05, 0.1) is 5.57 Å². The number of nitrogens with zero attached hydrogens (tertiary/aromatic N) is 5. The smallest absolute Gasteiger partial charge is 0.182 e. The molecule has 0 N–H and O–H groups in total. The third kappa shape index (κ3) is 4.41. The van der Waals surface area contributed by atoms with Crippen LogP contribution in [0.5, 0.6) is 5.75 Å². The molecule has 0 saturated carbocycles. The minimum absolute atomic E-state index is 0.217. The highest BCUT2D eigenvalue weighted by molar-refractivity contribution is 5.72. The predicted molar refractivity (Wildman–Crippen MR) is 168 cm³/mol. The van der Waals surface area contributed by atoms with Crippen molar-refractivity contribution < 1.29 is 4.74 Å². The molecule has 1 aliphatic heterocycles. The van der Waals surface area contributed by atoms with Crippen LogP contribution in [0.4, 0.5) is 0 Å². The molecule has 0 fully saturated rings. The van der Waals surface area contributed by atoms with Crippen molar-refractivity contribution in [3.63, 3.8) is 0 Å². The summed E-state index contributed by atoms with van der Waals surface area (Å²) >= 11 is 0. The minimum atomic E-state index is -0.291. The summed E-state index contributed by atoms with van der Waals surface area (Å²) in [7, 11) is 0. The molecule has 1 aliphatic carbocycles. The highest BCUT2D eigenvalue weighted by Gasteiger charge is 2.52. The number of allylic oxidation sites excluding steroid dienone is 4. The van der Waals surface area contributed by atoms with Crippen LogP contribution >= 0.6 is 0 Å². The lowest BCUT2D eigenvalue weighted by molar-refractivity contribution is 0.121. The van der Waals surface area contributed by atoms with Gasteiger partial charge in [-0.3, -0.25) is 4.98 Å². The summed E-state index contributed by atoms with van der Waals surface area (Å²) in [4.78, 5) is 18.8. The Labute approximate surface area is 251 Å². The van der Waals surface area contributed by atoms with Gasteiger partial charge in [0.15, 0.2) is 17.5 Å². The molecular formula is C37H29N5O. The fraction of sp³-hybridized carbons (Fsp3) is 0.162. The lowest BCUT2D eigenvalue weighted by Gasteiger charge is -2.50. The minimum Gasteiger partial charge on any atom is -0.459 e. The highest BCUT2D eigenvalue weighted by Crippen LogP contribution is 2.58. The first-order valence-electron chi connectivity index (χ1n) is 14.3. The number of aromatic nitrogens is 4. The summed E-state index contributed by atoms with van der Waals surface area (Å²) in [5.41, 5.74) is 5.79. The molecule has 0 saturated heterocycles. The van der Waals surface area contributed by atoms with Crippen LogP contribution in [0.25, 0.3) is 45.4 Å². The molecule has 6 heteroatoms. The van der Waals surface area contributed by atoms with Crippen LogP contribution in [0, 0.1) is 16.7 Å². The molecule has 208 valence electrons. The molecule has 7 rings (SSSR count). The number of benzene rings is 3. The van der Waals surface area contributed by atoms with E-state index in [1.165, 1.54) is 0 Å². The zero-order valence-electron chi connectivity index (χ0n) is 24.2. The van der Waals surface area contributed by atoms with Gasteiger partial charge in [0.1, 0.15) is 23.3 Å². The van der Waals surface area contributed by atoms with E-state index < -0.39 is 0 Å². The molecule has 0 spiro atoms. The first kappa shape index (κ1) is 26.5. The van der Waals surface area contributed by atoms with Gasteiger partial charge >= 0.3 is 0 Å². The monoisotopic (exact) mass is 559 g/mol. The van der Waals surface area contributed by atoms with Gasteiger partial charge in [0.2, 0.25) is 0 Å². The van der Waals surface area contributed by atoms with E-state index in [1.54, 1.807) is 6.20 Å². The van der Waals surface area contributed by atoms with Gasteiger partial charge in [-0.15, -0.1) is 0 Å². The molecule has 3 aromatic carbocycles. The largest absolute Gasteiger partial charge is 0.459 e. The molecule has 1 unspecified atom stereocenters. The van der Waals surface area contributed by atoms with Crippen LogP contribution in [0.1, 0.15) is 32.8 Å². The Kier molecular flexibility index (Phi) is 6.25. The van der Waals surface area contributed by atoms with E-state index in [-0.39, 0.29) is 10.8 Å². The number of nitriles is 1. The molecule has 3 heterocycles. The Bertz CT molecular complexity index is 1900. The van der Waals surface area contributed by atoms with E-state index in [0.29, 0.717) is 28.7 Å². The Morgan fingerprint density at radius 1 is 0.721 bits per heavy atom. The average molecular weight is 560 g/mol. The van der Waals surface area contributed by atoms with Crippen molar-refractivity contribution in [2.75, 3.05) is 0 Å². The molecule has 6 nitrogen and oxygen atoms in total. The maximum absolute atomic E-state index is 9.82. The van der Waals surface area contributed by atoms with Crippen LogP contribution in [0.2, 0.25) is 0 Å². The van der Waals surface area contributed by atoms with E-state index >= 15 is 0 Å². The lowest BCUT2D eigenvalue weighted by atomic mass is 9.57. The number of pyridine rings is 1. The number of hydrogen-bond donors (Lipinski definition) is 0. The second kappa shape index (κ2) is 10.1. The van der Waals surface area contributed by atoms with E-state index in [9.17, 15) is 5.26 Å². The third-order valence-corrected chi connectivity index (χ3v) is 8.96. The lowest BCUT2D eigenvalue weighted by Crippen LogP contribution is -2.46. The summed E-state index contributed by atoms with van der Waals surface area (Å²) in [5.74, 6) is 3.26. The number of hydrogen-bond acceptors (Lipinski definition) is 6. The third-order valence-electron chi connectivity index (χ3n) is 8.96. The molecule has 5 aromatic rings. The van der Waals surface area contributed by atoms with Crippen molar-refractivity contribution in [1.82, 2.24) is 19.9 Å². The molecule has 0 amide bonds. The van der Waals surface area contributed by atoms with Gasteiger partial charge in [0, 0.05) is 33.7 Å². The second-order valence-corrected chi connectivity index (χ2v) is 11.7. The molecule has 43 heavy (non-hydrogen) atoms. The van der Waals surface area contributed by atoms with Crippen LogP contribution in [-0.2, 0) is 5.41 Å². The topological polar surface area (TPSA) is 84.6 Å². The Balaban J connectivity index is 1.26. The van der Waals surface area contributed by atoms with E-state index in [1.807, 2.05) is 66.7 Å². The van der Waals surface area contributed by atoms with Crippen molar-refractivity contribution in [3.05, 3.63) is 126 Å². The normalized spacial score (nSPS) is 18.3. The van der Waals surface area contributed by atoms with Crippen molar-refractivity contribution in [1.29, 1.82) is 5.26 Å². The maximum Gasteiger partial charge on any atom is 0.182 e. The van der Waals surface area contributed by atoms with Crippen molar-refractivity contribution >= 4 is 0 Å². The average Bonchev–Trinajstić information content (AvgIpc) is 3.06. The van der Waals surface area contributed by atoms with Crippen molar-refractivity contribution in [2.24, 2.45) is 5.41 Å². The highest BCUT2D eigenvalue weighted by atomic mass is 16.5. The standard InChI is InChI=1S/C37H29N5O/c1-36(2)29-19-18-27(22-31(29)43-32-28(23-38)12-9-20-37(32,36)3)24-14-16-26(17-15-24)34-40-33(25-10-5-4-6-11-25)41-35(42-34)30-13-7-8-21-39-30/h4-19,21-22H,20H2,1-3H3. The molecule has 2 aromatic heterocycles. The van der Waals surface area contributed by atoms with Gasteiger partial charge < -0.3 is 4.74 Å². The first-order chi connectivity index (χ1) is 20.9. The fourth-order valence-electron chi connectivity index (χ4n) is 6.03. The number of rotatable bonds is 4. The van der Waals surface area contributed by atoms with Gasteiger partial charge in [-0.25, -0.2) is 15.0 Å². The molecule has 0 radical (unpaired) electrons. The fourth-order valence-corrected chi connectivity index (χ4v) is 6.03. The van der Waals surface area contributed by atoms with Gasteiger partial charge in [-0.1, -0.05) is 99.6 Å². The second-order valence-electron chi connectivity index (χ2n) is 11.7. The van der Waals surface area contributed by atoms with Crippen LogP contribution in [0.3, 0.4) is 0 Å². The van der Waals surface area contributed by atoms with Crippen molar-refractivity contribution in [3.8, 4) is 57.2 Å². The predicted octanol–water partition coefficient (Wildman–Crippen LogP) is 8.35. The van der Waals surface area contributed by atoms with Crippen LogP contribution in [0.15, 0.2) is 121 Å². The zero-order valence-corrected chi connectivity index (χ0v) is 24.2. The number of ether oxygens (including phenoxy) is 1. The van der Waals surface area contributed by atoms with Gasteiger partial charge in [0.25, 0.3) is 0 Å². The van der Waals surface area contributed by atoms with Gasteiger partial charge in [-0.2, -0.15) is 5.26 Å². The van der Waals surface area contributed by atoms with Crippen LogP contribution in [-0.4, -0.2) is 19.9 Å². The molecule has 1 atom stereocenters. The summed E-state index contributed by atoms with van der Waals surface area (Å²) < 4.78 is 6.52. The van der Waals surface area contributed by atoms with E-state index in [2.05, 4.69) is 68.2 Å². The zero-order chi connectivity index (χ0) is 29.6. The van der Waals surface area contributed by atoms with E-state index in [4.69, 9.17) is 19.7 Å². The maximum atomic E-state index is 9.82. The Morgan fingerprint density at radius 2 is 1.37 bits per heavy atom. The summed E-state index contributed by atoms with van der Waals surface area (Å²) in [6.45, 7) is 6.69. The van der Waals surface area contributed by atoms with Crippen LogP contribution < -0.4 is 4.74 Å². The summed E-state index contributed by atoms with van der Waals surface area (Å²) in [5, 5.41) is 9.82. The number of fused-ring (bicyclic) bond motifs is 2. The molecule has 2 aliphatic rings. The Hall–Kier alpha value is -5.41. The van der Waals surface area contributed by atoms with Gasteiger partial charge in [-0.05, 0) is 41.8 Å². The quantitative estimate of drug-likeness (QED) is 0.220. The molecule has 0 bridgehead atoms. The molecular weight excluding hydrogens is 530 g/mol. The Morgan fingerprint density at radius 3 is 2.07 bits per heavy atom. The first-order valence-corrected chi connectivity index (χ1v) is 14.3. The summed E-state index contributed by atoms with van der Waals surface area (Å²) in [6, 6.07) is 32.6.